The van der Waals surface area contributed by atoms with E-state index in [9.17, 15) is 19.3 Å². The van der Waals surface area contributed by atoms with Gasteiger partial charge in [-0.25, -0.2) is 4.57 Å². The van der Waals surface area contributed by atoms with Gasteiger partial charge in [0.1, 0.15) is 6.61 Å². The number of carbonyl (C=O) groups is 2. The molecule has 0 amide bonds. The van der Waals surface area contributed by atoms with Gasteiger partial charge in [-0.2, -0.15) is 0 Å². The van der Waals surface area contributed by atoms with Crippen LogP contribution in [0.25, 0.3) is 0 Å². The number of phosphoric acid groups is 1. The predicted octanol–water partition coefficient (Wildman–Crippen LogP) is 13.0. The van der Waals surface area contributed by atoms with Crippen molar-refractivity contribution in [2.45, 2.75) is 212 Å². The van der Waals surface area contributed by atoms with Crippen LogP contribution in [0.3, 0.4) is 0 Å². The SMILES string of the molecule is CC/C=C\C(O)C/C=C/C=C\C/C=C\C/C=C\CCCC(=O)O[C@H](COC(=O)CCCCCCCCCCCCCCCCCCCCCCC)COP(=O)(O)O. The average Bonchev–Trinajstić information content (AvgIpc) is 3.18. The van der Waals surface area contributed by atoms with Gasteiger partial charge in [0.05, 0.1) is 12.7 Å². The van der Waals surface area contributed by atoms with Gasteiger partial charge in [-0.05, 0) is 44.9 Å². The fraction of sp³-hybridized carbons (Fsp3) is 0.745. The van der Waals surface area contributed by atoms with E-state index in [0.29, 0.717) is 25.7 Å². The summed E-state index contributed by atoms with van der Waals surface area (Å²) in [7, 11) is -4.78. The number of ether oxygens (including phenoxy) is 2. The molecular weight excluding hydrogens is 739 g/mol. The smallest absolute Gasteiger partial charge is 0.462 e. The van der Waals surface area contributed by atoms with Crippen molar-refractivity contribution < 1.29 is 43.0 Å². The molecule has 10 heteroatoms. The molecule has 0 radical (unpaired) electrons. The maximum Gasteiger partial charge on any atom is 0.469 e. The minimum atomic E-state index is -4.78. The average molecular weight is 823 g/mol. The van der Waals surface area contributed by atoms with Crippen LogP contribution in [0.15, 0.2) is 60.8 Å². The monoisotopic (exact) mass is 823 g/mol. The van der Waals surface area contributed by atoms with Crippen LogP contribution in [0, 0.1) is 0 Å². The highest BCUT2D eigenvalue weighted by Gasteiger charge is 2.22. The van der Waals surface area contributed by atoms with Gasteiger partial charge in [-0.1, -0.05) is 203 Å². The van der Waals surface area contributed by atoms with Crippen molar-refractivity contribution in [3.8, 4) is 0 Å². The fourth-order valence-electron chi connectivity index (χ4n) is 6.25. The van der Waals surface area contributed by atoms with Gasteiger partial charge < -0.3 is 24.4 Å². The van der Waals surface area contributed by atoms with E-state index in [4.69, 9.17) is 19.3 Å². The molecule has 0 aromatic rings. The Kier molecular flexibility index (Phi) is 40.2. The Morgan fingerprint density at radius 2 is 1.04 bits per heavy atom. The largest absolute Gasteiger partial charge is 0.469 e. The van der Waals surface area contributed by atoms with Crippen LogP contribution in [0.4, 0.5) is 0 Å². The molecule has 0 aromatic carbocycles. The first-order valence-corrected chi connectivity index (χ1v) is 24.2. The number of phosphoric ester groups is 1. The topological polar surface area (TPSA) is 140 Å². The number of unbranched alkanes of at least 4 members (excludes halogenated alkanes) is 21. The summed E-state index contributed by atoms with van der Waals surface area (Å²) < 4.78 is 26.4. The van der Waals surface area contributed by atoms with Crippen molar-refractivity contribution in [2.75, 3.05) is 13.2 Å². The highest BCUT2D eigenvalue weighted by Crippen LogP contribution is 2.36. The molecule has 2 atom stereocenters. The molecule has 0 spiro atoms. The van der Waals surface area contributed by atoms with E-state index in [0.717, 1.165) is 32.1 Å². The Balaban J connectivity index is 3.96. The first-order chi connectivity index (χ1) is 27.7. The summed E-state index contributed by atoms with van der Waals surface area (Å²) in [5, 5.41) is 9.75. The maximum absolute atomic E-state index is 12.4. The molecule has 0 bridgehead atoms. The summed E-state index contributed by atoms with van der Waals surface area (Å²) in [6.45, 7) is 3.42. The lowest BCUT2D eigenvalue weighted by Crippen LogP contribution is -2.29. The zero-order valence-electron chi connectivity index (χ0n) is 36.1. The minimum absolute atomic E-state index is 0.115. The number of rotatable bonds is 41. The van der Waals surface area contributed by atoms with Crippen LogP contribution >= 0.6 is 7.82 Å². The number of allylic oxidation sites excluding steroid dienone is 8. The Labute approximate surface area is 348 Å². The van der Waals surface area contributed by atoms with Gasteiger partial charge in [0.15, 0.2) is 6.10 Å². The molecule has 57 heavy (non-hydrogen) atoms. The Morgan fingerprint density at radius 1 is 0.561 bits per heavy atom. The third-order valence-corrected chi connectivity index (χ3v) is 10.1. The molecule has 3 N–H and O–H groups in total. The van der Waals surface area contributed by atoms with Gasteiger partial charge in [0.25, 0.3) is 0 Å². The van der Waals surface area contributed by atoms with Crippen molar-refractivity contribution >= 4 is 19.8 Å². The molecule has 0 saturated carbocycles. The zero-order valence-corrected chi connectivity index (χ0v) is 37.0. The lowest BCUT2D eigenvalue weighted by atomic mass is 10.0. The lowest BCUT2D eigenvalue weighted by Gasteiger charge is -2.18. The summed E-state index contributed by atoms with van der Waals surface area (Å²) in [6, 6.07) is 0. The van der Waals surface area contributed by atoms with Crippen molar-refractivity contribution in [2.24, 2.45) is 0 Å². The summed E-state index contributed by atoms with van der Waals surface area (Å²) in [5.74, 6) is -0.973. The van der Waals surface area contributed by atoms with Gasteiger partial charge >= 0.3 is 19.8 Å². The van der Waals surface area contributed by atoms with Crippen molar-refractivity contribution in [1.82, 2.24) is 0 Å². The fourth-order valence-corrected chi connectivity index (χ4v) is 6.61. The normalized spacial score (nSPS) is 13.6. The molecule has 0 aliphatic rings. The molecule has 0 aromatic heterocycles. The Bertz CT molecular complexity index is 1120. The quantitative estimate of drug-likeness (QED) is 0.0181. The number of hydrogen-bond donors (Lipinski definition) is 3. The molecule has 0 aliphatic heterocycles. The Morgan fingerprint density at radius 3 is 1.56 bits per heavy atom. The van der Waals surface area contributed by atoms with Crippen LogP contribution in [-0.4, -0.2) is 52.3 Å². The molecule has 1 unspecified atom stereocenters. The van der Waals surface area contributed by atoms with E-state index in [1.165, 1.54) is 116 Å². The Hall–Kier alpha value is -2.29. The number of hydrogen-bond acceptors (Lipinski definition) is 7. The van der Waals surface area contributed by atoms with Crippen LogP contribution in [0.2, 0.25) is 0 Å². The van der Waals surface area contributed by atoms with Crippen LogP contribution in [-0.2, 0) is 28.2 Å². The predicted molar refractivity (Wildman–Crippen MR) is 236 cm³/mol. The lowest BCUT2D eigenvalue weighted by molar-refractivity contribution is -0.161. The standard InChI is InChI=1S/C47H83O9P/c1-3-5-7-8-9-10-11-12-13-14-15-16-17-18-19-20-24-27-30-33-36-40-46(49)54-42-45(43-55-57(51,52)53)56-47(50)41-37-34-31-28-25-22-21-23-26-29-32-35-39-44(48)38-6-4-2/h6,21-22,26,28-29,31-32,35,38,44-45,48H,3-5,7-20,23-25,27,30,33-34,36-37,39-43H2,1-2H3,(H2,51,52,53)/b22-21-,29-26-,31-28-,35-32+,38-6-/t44?,45-/m1/s1. The van der Waals surface area contributed by atoms with Gasteiger partial charge in [-0.15, -0.1) is 0 Å². The van der Waals surface area contributed by atoms with E-state index in [2.05, 4.69) is 23.6 Å². The second kappa shape index (κ2) is 41.9. The molecule has 0 rings (SSSR count). The van der Waals surface area contributed by atoms with Gasteiger partial charge in [0, 0.05) is 12.8 Å². The minimum Gasteiger partial charge on any atom is -0.462 e. The number of esters is 2. The van der Waals surface area contributed by atoms with Crippen molar-refractivity contribution in [3.05, 3.63) is 60.8 Å². The summed E-state index contributed by atoms with van der Waals surface area (Å²) >= 11 is 0. The van der Waals surface area contributed by atoms with Gasteiger partial charge in [-0.3, -0.25) is 14.1 Å². The van der Waals surface area contributed by atoms with E-state index < -0.39 is 38.6 Å². The molecule has 0 aliphatic carbocycles. The summed E-state index contributed by atoms with van der Waals surface area (Å²) in [4.78, 5) is 42.9. The second-order valence-electron chi connectivity index (χ2n) is 15.2. The molecule has 0 saturated heterocycles. The highest BCUT2D eigenvalue weighted by molar-refractivity contribution is 7.46. The van der Waals surface area contributed by atoms with Gasteiger partial charge in [0.2, 0.25) is 0 Å². The highest BCUT2D eigenvalue weighted by atomic mass is 31.2. The molecule has 0 heterocycles. The van der Waals surface area contributed by atoms with E-state index in [1.54, 1.807) is 0 Å². The molecule has 0 fully saturated rings. The van der Waals surface area contributed by atoms with E-state index in [1.807, 2.05) is 55.5 Å². The molecule has 330 valence electrons. The number of carbonyl (C=O) groups excluding carboxylic acids is 2. The van der Waals surface area contributed by atoms with Crippen molar-refractivity contribution in [1.29, 1.82) is 0 Å². The van der Waals surface area contributed by atoms with E-state index in [-0.39, 0.29) is 19.4 Å². The maximum atomic E-state index is 12.4. The van der Waals surface area contributed by atoms with E-state index >= 15 is 0 Å². The first-order valence-electron chi connectivity index (χ1n) is 22.7. The summed E-state index contributed by atoms with van der Waals surface area (Å²) in [5.41, 5.74) is 0. The third kappa shape index (κ3) is 44.7. The first kappa shape index (κ1) is 54.7. The number of aliphatic hydroxyl groups is 1. The third-order valence-electron chi connectivity index (χ3n) is 9.63. The zero-order chi connectivity index (χ0) is 41.9. The van der Waals surface area contributed by atoms with Crippen molar-refractivity contribution in [3.63, 3.8) is 0 Å². The summed E-state index contributed by atoms with van der Waals surface area (Å²) in [6.07, 6.45) is 50.1. The number of aliphatic hydroxyl groups excluding tert-OH is 1. The second-order valence-corrected chi connectivity index (χ2v) is 16.4. The molecular formula is C47H83O9P. The van der Waals surface area contributed by atoms with Crippen LogP contribution < -0.4 is 0 Å². The molecule has 9 nitrogen and oxygen atoms in total. The van der Waals surface area contributed by atoms with Crippen LogP contribution in [0.1, 0.15) is 200 Å². The van der Waals surface area contributed by atoms with Crippen LogP contribution in [0.5, 0.6) is 0 Å².